The molecule has 6 aromatic rings. The summed E-state index contributed by atoms with van der Waals surface area (Å²) in [6.07, 6.45) is 1.55. The van der Waals surface area contributed by atoms with Gasteiger partial charge in [0.2, 0.25) is 11.9 Å². The van der Waals surface area contributed by atoms with E-state index in [2.05, 4.69) is 19.9 Å². The highest BCUT2D eigenvalue weighted by molar-refractivity contribution is 6.14. The highest BCUT2D eigenvalue weighted by Crippen LogP contribution is 2.40. The Balaban J connectivity index is 0.000000167. The van der Waals surface area contributed by atoms with Gasteiger partial charge in [-0.15, -0.1) is 0 Å². The Morgan fingerprint density at radius 1 is 0.704 bits per heavy atom. The normalized spacial score (nSPS) is 15.5. The van der Waals surface area contributed by atoms with E-state index in [1.54, 1.807) is 45.2 Å². The van der Waals surface area contributed by atoms with E-state index >= 15 is 0 Å². The van der Waals surface area contributed by atoms with E-state index in [1.165, 1.54) is 41.1 Å². The van der Waals surface area contributed by atoms with Crippen molar-refractivity contribution >= 4 is 35.5 Å². The molecule has 0 bridgehead atoms. The Kier molecular flexibility index (Phi) is 8.96. The Morgan fingerprint density at radius 2 is 1.26 bits per heavy atom. The van der Waals surface area contributed by atoms with Gasteiger partial charge in [-0.25, -0.2) is 37.5 Å². The summed E-state index contributed by atoms with van der Waals surface area (Å²) in [5.41, 5.74) is 14.2. The number of carbonyl (C=O) groups is 2. The van der Waals surface area contributed by atoms with Crippen molar-refractivity contribution in [2.75, 3.05) is 25.6 Å². The lowest BCUT2D eigenvalue weighted by atomic mass is 10.0. The summed E-state index contributed by atoms with van der Waals surface area (Å²) >= 11 is 0. The lowest BCUT2D eigenvalue weighted by molar-refractivity contribution is 0.0772. The predicted molar refractivity (Wildman–Crippen MR) is 189 cm³/mol. The fourth-order valence-corrected chi connectivity index (χ4v) is 6.29. The van der Waals surface area contributed by atoms with Gasteiger partial charge < -0.3 is 30.1 Å². The van der Waals surface area contributed by atoms with Crippen molar-refractivity contribution in [3.05, 3.63) is 129 Å². The zero-order chi connectivity index (χ0) is 38.6. The number of aromatic nitrogens is 4. The van der Waals surface area contributed by atoms with Crippen LogP contribution in [-0.4, -0.2) is 55.6 Å². The van der Waals surface area contributed by atoms with Crippen LogP contribution in [0.25, 0.3) is 34.7 Å². The van der Waals surface area contributed by atoms with Gasteiger partial charge in [-0.3, -0.25) is 9.59 Å². The van der Waals surface area contributed by atoms with Crippen molar-refractivity contribution in [2.24, 2.45) is 0 Å². The van der Waals surface area contributed by atoms with E-state index in [0.29, 0.717) is 40.1 Å². The van der Waals surface area contributed by atoms with Gasteiger partial charge in [0.05, 0.1) is 28.6 Å². The molecule has 0 fully saturated rings. The maximum absolute atomic E-state index is 14.1. The maximum atomic E-state index is 14.1. The molecule has 1 atom stereocenters. The Bertz CT molecular complexity index is 2530. The van der Waals surface area contributed by atoms with Crippen LogP contribution in [0.3, 0.4) is 0 Å². The fraction of sp³-hybridized carbons (Fsp3) is 0.158. The van der Waals surface area contributed by atoms with Crippen LogP contribution in [0.1, 0.15) is 60.8 Å². The van der Waals surface area contributed by atoms with Crippen molar-refractivity contribution in [2.45, 2.75) is 26.3 Å². The van der Waals surface area contributed by atoms with E-state index in [9.17, 15) is 27.2 Å². The number of anilines is 2. The molecule has 0 aliphatic carbocycles. The van der Waals surface area contributed by atoms with Crippen LogP contribution in [0.4, 0.5) is 29.5 Å². The molecule has 16 heteroatoms. The molecule has 6 heterocycles. The number of likely N-dealkylation sites (N-methyl/N-ethyl adjacent to an activating group) is 1. The number of fused-ring (bicyclic) bond motifs is 2. The molecule has 4 N–H and O–H groups in total. The maximum Gasteiger partial charge on any atom is 0.262 e. The fourth-order valence-electron chi connectivity index (χ4n) is 6.29. The molecular weight excluding hydrogens is 708 g/mol. The van der Waals surface area contributed by atoms with Crippen molar-refractivity contribution in [1.29, 1.82) is 0 Å². The first-order valence-corrected chi connectivity index (χ1v) is 16.3. The first-order valence-electron chi connectivity index (χ1n) is 16.3. The highest BCUT2D eigenvalue weighted by atomic mass is 19.1. The zero-order valence-electron chi connectivity index (χ0n) is 29.1. The van der Waals surface area contributed by atoms with Crippen LogP contribution in [0.15, 0.2) is 69.5 Å². The number of carbonyl (C=O) groups excluding carboxylic acids is 2. The van der Waals surface area contributed by atoms with Crippen LogP contribution < -0.4 is 11.5 Å². The van der Waals surface area contributed by atoms with Gasteiger partial charge in [0.15, 0.2) is 11.5 Å². The number of hydrogen-bond donors (Lipinski definition) is 2. The molecule has 12 nitrogen and oxygen atoms in total. The Labute approximate surface area is 304 Å². The van der Waals surface area contributed by atoms with Crippen molar-refractivity contribution < 1.29 is 36.0 Å². The van der Waals surface area contributed by atoms with E-state index in [0.717, 1.165) is 18.2 Å². The number of halogens is 4. The molecule has 4 aromatic heterocycles. The number of rotatable bonds is 5. The van der Waals surface area contributed by atoms with Gasteiger partial charge in [0, 0.05) is 38.2 Å². The largest absolute Gasteiger partial charge is 0.460 e. The van der Waals surface area contributed by atoms with Gasteiger partial charge in [0.25, 0.3) is 11.8 Å². The second-order valence-corrected chi connectivity index (χ2v) is 12.6. The second-order valence-electron chi connectivity index (χ2n) is 12.6. The second kappa shape index (κ2) is 13.6. The van der Waals surface area contributed by atoms with Crippen LogP contribution in [0, 0.1) is 37.1 Å². The van der Waals surface area contributed by atoms with Crippen LogP contribution >= 0.6 is 0 Å². The number of furan rings is 2. The molecule has 0 saturated carbocycles. The van der Waals surface area contributed by atoms with E-state index in [4.69, 9.17) is 20.3 Å². The van der Waals surface area contributed by atoms with Gasteiger partial charge in [-0.05, 0) is 68.0 Å². The summed E-state index contributed by atoms with van der Waals surface area (Å²) in [7, 11) is 3.13. The average Bonchev–Trinajstić information content (AvgIpc) is 3.86. The third-order valence-corrected chi connectivity index (χ3v) is 8.95. The van der Waals surface area contributed by atoms with Gasteiger partial charge >= 0.3 is 0 Å². The Hall–Kier alpha value is -6.84. The van der Waals surface area contributed by atoms with Crippen LogP contribution in [-0.2, 0) is 6.42 Å². The molecule has 2 amide bonds. The summed E-state index contributed by atoms with van der Waals surface area (Å²) in [6, 6.07) is 12.9. The molecule has 54 heavy (non-hydrogen) atoms. The number of aryl methyl sites for hydroxylation is 2. The third kappa shape index (κ3) is 6.42. The molecule has 0 saturated heterocycles. The minimum atomic E-state index is -0.749. The summed E-state index contributed by atoms with van der Waals surface area (Å²) in [6.45, 7) is 3.55. The Morgan fingerprint density at radius 3 is 1.83 bits per heavy atom. The zero-order valence-corrected chi connectivity index (χ0v) is 29.1. The van der Waals surface area contributed by atoms with Crippen molar-refractivity contribution in [3.8, 4) is 22.9 Å². The molecule has 0 spiro atoms. The summed E-state index contributed by atoms with van der Waals surface area (Å²) in [5, 5.41) is 0. The molecule has 274 valence electrons. The minimum absolute atomic E-state index is 0.00881. The van der Waals surface area contributed by atoms with Crippen molar-refractivity contribution in [3.63, 3.8) is 0 Å². The average molecular weight is 739 g/mol. The molecule has 1 unspecified atom stereocenters. The quantitative estimate of drug-likeness (QED) is 0.180. The number of hydrogen-bond acceptors (Lipinski definition) is 10. The number of amides is 2. The van der Waals surface area contributed by atoms with Crippen molar-refractivity contribution in [1.82, 2.24) is 29.7 Å². The molecule has 2 aromatic carbocycles. The van der Waals surface area contributed by atoms with Gasteiger partial charge in [-0.1, -0.05) is 6.07 Å². The standard InChI is InChI=1S/C19H16F2N4O2.C19H14F2N4O2/c2*1-9-3-6-14(27-9)17-15-16(23-19(22)24-17)13(25(2)18(15)26)7-10-4-5-11(20)8-12(10)21/h3-6,8,13H,7H2,1-2H3,(H2,22,23,24);3-8H,1-2H3,(H2,22,23,24)/b;13-7-. The van der Waals surface area contributed by atoms with E-state index in [1.807, 2.05) is 0 Å². The first kappa shape index (κ1) is 35.6. The molecule has 2 aliphatic rings. The van der Waals surface area contributed by atoms with E-state index in [-0.39, 0.29) is 63.8 Å². The lowest BCUT2D eigenvalue weighted by Gasteiger charge is -2.20. The number of nitrogens with two attached hydrogens (primary N) is 2. The monoisotopic (exact) mass is 738 g/mol. The SMILES string of the molecule is Cc1ccc(-c2nc(N)nc3c2C(=O)N(C)/C3=C\c2ccc(F)cc2F)o1.Cc1ccc(-c2nc(N)nc3c2C(=O)N(C)C3Cc2ccc(F)cc2F)o1. The lowest BCUT2D eigenvalue weighted by Crippen LogP contribution is -2.25. The first-order chi connectivity index (χ1) is 25.7. The molecule has 8 rings (SSSR count). The van der Waals surface area contributed by atoms with Crippen LogP contribution in [0.5, 0.6) is 0 Å². The predicted octanol–water partition coefficient (Wildman–Crippen LogP) is 6.76. The number of nitrogen functional groups attached to an aromatic ring is 2. The molecular formula is C38H30F4N8O4. The summed E-state index contributed by atoms with van der Waals surface area (Å²) < 4.78 is 65.7. The van der Waals surface area contributed by atoms with Gasteiger partial charge in [-0.2, -0.15) is 0 Å². The minimum Gasteiger partial charge on any atom is -0.460 e. The highest BCUT2D eigenvalue weighted by Gasteiger charge is 2.40. The van der Waals surface area contributed by atoms with Gasteiger partial charge in [0.1, 0.15) is 51.9 Å². The topological polar surface area (TPSA) is 170 Å². The van der Waals surface area contributed by atoms with Crippen LogP contribution in [0.2, 0.25) is 0 Å². The number of benzene rings is 2. The number of nitrogens with zero attached hydrogens (tertiary/aromatic N) is 6. The molecule has 0 radical (unpaired) electrons. The molecule has 2 aliphatic heterocycles. The third-order valence-electron chi connectivity index (χ3n) is 8.95. The summed E-state index contributed by atoms with van der Waals surface area (Å²) in [4.78, 5) is 45.2. The van der Waals surface area contributed by atoms with E-state index < -0.39 is 29.3 Å². The summed E-state index contributed by atoms with van der Waals surface area (Å²) in [5.74, 6) is -1.39. The smallest absolute Gasteiger partial charge is 0.262 e.